The van der Waals surface area contributed by atoms with E-state index >= 15 is 0 Å². The predicted octanol–water partition coefficient (Wildman–Crippen LogP) is 3.04. The monoisotopic (exact) mass is 291 g/mol. The Balaban J connectivity index is 3.34. The first kappa shape index (κ1) is 13.3. The van der Waals surface area contributed by atoms with Crippen LogP contribution in [0.25, 0.3) is 0 Å². The van der Waals surface area contributed by atoms with Gasteiger partial charge in [-0.25, -0.2) is 8.78 Å². The van der Waals surface area contributed by atoms with Crippen molar-refractivity contribution in [2.45, 2.75) is 25.8 Å². The fourth-order valence-corrected chi connectivity index (χ4v) is 1.51. The maximum absolute atomic E-state index is 13.6. The molecule has 16 heavy (non-hydrogen) atoms. The summed E-state index contributed by atoms with van der Waals surface area (Å²) in [7, 11) is 0. The van der Waals surface area contributed by atoms with Crippen LogP contribution in [0.2, 0.25) is 0 Å². The molecule has 2 nitrogen and oxygen atoms in total. The third-order valence-electron chi connectivity index (χ3n) is 2.52. The molecule has 0 amide bonds. The number of nitrogens with two attached hydrogens (primary N) is 1. The second kappa shape index (κ2) is 4.59. The van der Waals surface area contributed by atoms with Crippen molar-refractivity contribution >= 4 is 21.7 Å². The molecule has 0 spiro atoms. The van der Waals surface area contributed by atoms with Gasteiger partial charge in [0.15, 0.2) is 11.6 Å². The molecule has 2 N–H and O–H groups in total. The second-order valence-corrected chi connectivity index (χ2v) is 4.67. The van der Waals surface area contributed by atoms with Gasteiger partial charge in [-0.2, -0.15) is 0 Å². The van der Waals surface area contributed by atoms with Gasteiger partial charge in [-0.1, -0.05) is 6.92 Å². The van der Waals surface area contributed by atoms with Gasteiger partial charge in [0.1, 0.15) is 5.82 Å². The van der Waals surface area contributed by atoms with Crippen molar-refractivity contribution in [3.63, 3.8) is 0 Å². The van der Waals surface area contributed by atoms with Gasteiger partial charge in [0, 0.05) is 0 Å². The number of carbonyl (C=O) groups excluding carboxylic acids is 1. The molecule has 1 atom stereocenters. The average molecular weight is 292 g/mol. The molecule has 0 aromatic heterocycles. The van der Waals surface area contributed by atoms with Crippen molar-refractivity contribution in [1.82, 2.24) is 0 Å². The zero-order chi connectivity index (χ0) is 12.5. The Bertz CT molecular complexity index is 432. The molecule has 0 saturated heterocycles. The number of Topliss-reactive ketones (excluding diaryl/α,β-unsaturated/α-hetero) is 1. The highest BCUT2D eigenvalue weighted by Gasteiger charge is 2.32. The largest absolute Gasteiger partial charge is 0.319 e. The Labute approximate surface area is 101 Å². The number of benzene rings is 1. The van der Waals surface area contributed by atoms with Gasteiger partial charge in [0.2, 0.25) is 0 Å². The van der Waals surface area contributed by atoms with Crippen molar-refractivity contribution in [3.8, 4) is 0 Å². The van der Waals surface area contributed by atoms with E-state index in [1.165, 1.54) is 13.0 Å². The summed E-state index contributed by atoms with van der Waals surface area (Å²) in [5.41, 5.74) is 3.84. The first-order chi connectivity index (χ1) is 7.31. The highest BCUT2D eigenvalue weighted by Crippen LogP contribution is 2.25. The topological polar surface area (TPSA) is 43.1 Å². The standard InChI is InChI=1S/C11H12BrF2NO/c1-3-11(2,15)10(16)8-7(13)5-4-6(12)9(8)14/h4-5H,3,15H2,1-2H3. The van der Waals surface area contributed by atoms with Crippen molar-refractivity contribution < 1.29 is 13.6 Å². The van der Waals surface area contributed by atoms with Crippen molar-refractivity contribution in [3.05, 3.63) is 33.8 Å². The first-order valence-corrected chi connectivity index (χ1v) is 5.57. The molecule has 0 heterocycles. The van der Waals surface area contributed by atoms with E-state index in [4.69, 9.17) is 5.73 Å². The molecular formula is C11H12BrF2NO. The fraction of sp³-hybridized carbons (Fsp3) is 0.364. The van der Waals surface area contributed by atoms with Crippen LogP contribution in [-0.2, 0) is 0 Å². The molecule has 0 radical (unpaired) electrons. The molecule has 1 unspecified atom stereocenters. The van der Waals surface area contributed by atoms with E-state index in [1.807, 2.05) is 0 Å². The Morgan fingerprint density at radius 2 is 2.06 bits per heavy atom. The average Bonchev–Trinajstić information content (AvgIpc) is 2.24. The van der Waals surface area contributed by atoms with E-state index in [2.05, 4.69) is 15.9 Å². The quantitative estimate of drug-likeness (QED) is 0.687. The fourth-order valence-electron chi connectivity index (χ4n) is 1.18. The SMILES string of the molecule is CCC(C)(N)C(=O)c1c(F)ccc(Br)c1F. The van der Waals surface area contributed by atoms with Gasteiger partial charge in [0.05, 0.1) is 15.6 Å². The lowest BCUT2D eigenvalue weighted by Crippen LogP contribution is -2.45. The molecule has 0 aliphatic carbocycles. The van der Waals surface area contributed by atoms with Gasteiger partial charge in [0.25, 0.3) is 0 Å². The van der Waals surface area contributed by atoms with E-state index in [9.17, 15) is 13.6 Å². The second-order valence-electron chi connectivity index (χ2n) is 3.82. The van der Waals surface area contributed by atoms with E-state index in [0.717, 1.165) is 6.07 Å². The normalized spacial score (nSPS) is 14.6. The summed E-state index contributed by atoms with van der Waals surface area (Å²) in [5, 5.41) is 0. The maximum atomic E-state index is 13.6. The Hall–Kier alpha value is -0.810. The van der Waals surface area contributed by atoms with Gasteiger partial charge < -0.3 is 5.73 Å². The van der Waals surface area contributed by atoms with Crippen molar-refractivity contribution in [2.75, 3.05) is 0 Å². The van der Waals surface area contributed by atoms with Crippen LogP contribution in [0, 0.1) is 11.6 Å². The summed E-state index contributed by atoms with van der Waals surface area (Å²) in [5.74, 6) is -2.53. The van der Waals surface area contributed by atoms with Gasteiger partial charge in [-0.05, 0) is 41.4 Å². The maximum Gasteiger partial charge on any atom is 0.188 e. The van der Waals surface area contributed by atoms with Crippen molar-refractivity contribution in [1.29, 1.82) is 0 Å². The molecule has 0 saturated carbocycles. The van der Waals surface area contributed by atoms with Crippen LogP contribution in [0.1, 0.15) is 30.6 Å². The van der Waals surface area contributed by atoms with E-state index in [0.29, 0.717) is 6.42 Å². The zero-order valence-electron chi connectivity index (χ0n) is 8.98. The molecule has 1 aromatic carbocycles. The minimum absolute atomic E-state index is 0.0455. The summed E-state index contributed by atoms with van der Waals surface area (Å²) in [6.45, 7) is 3.14. The number of ketones is 1. The number of carbonyl (C=O) groups is 1. The lowest BCUT2D eigenvalue weighted by molar-refractivity contribution is 0.0888. The summed E-state index contributed by atoms with van der Waals surface area (Å²) in [4.78, 5) is 11.9. The molecule has 0 fully saturated rings. The van der Waals surface area contributed by atoms with Crippen LogP contribution in [-0.4, -0.2) is 11.3 Å². The summed E-state index contributed by atoms with van der Waals surface area (Å²) in [6.07, 6.45) is 0.303. The predicted molar refractivity (Wildman–Crippen MR) is 61.3 cm³/mol. The Morgan fingerprint density at radius 1 is 1.50 bits per heavy atom. The third-order valence-corrected chi connectivity index (χ3v) is 3.14. The van der Waals surface area contributed by atoms with Crippen LogP contribution in [0.4, 0.5) is 8.78 Å². The Morgan fingerprint density at radius 3 is 2.56 bits per heavy atom. The van der Waals surface area contributed by atoms with Gasteiger partial charge in [-0.15, -0.1) is 0 Å². The van der Waals surface area contributed by atoms with Crippen molar-refractivity contribution in [2.24, 2.45) is 5.73 Å². The summed E-state index contributed by atoms with van der Waals surface area (Å²) < 4.78 is 27.1. The molecule has 1 rings (SSSR count). The van der Waals surface area contributed by atoms with E-state index < -0.39 is 28.5 Å². The first-order valence-electron chi connectivity index (χ1n) is 4.78. The highest BCUT2D eigenvalue weighted by atomic mass is 79.9. The van der Waals surface area contributed by atoms with E-state index in [1.54, 1.807) is 6.92 Å². The molecule has 1 aromatic rings. The number of hydrogen-bond acceptors (Lipinski definition) is 2. The van der Waals surface area contributed by atoms with Crippen LogP contribution in [0.3, 0.4) is 0 Å². The number of hydrogen-bond donors (Lipinski definition) is 1. The van der Waals surface area contributed by atoms with Crippen LogP contribution < -0.4 is 5.73 Å². The zero-order valence-corrected chi connectivity index (χ0v) is 10.6. The molecular weight excluding hydrogens is 280 g/mol. The summed E-state index contributed by atoms with van der Waals surface area (Å²) in [6, 6.07) is 2.24. The molecule has 0 bridgehead atoms. The number of rotatable bonds is 3. The van der Waals surface area contributed by atoms with Crippen LogP contribution in [0.5, 0.6) is 0 Å². The molecule has 0 aliphatic rings. The molecule has 0 aliphatic heterocycles. The lowest BCUT2D eigenvalue weighted by Gasteiger charge is -2.21. The summed E-state index contributed by atoms with van der Waals surface area (Å²) >= 11 is 2.90. The van der Waals surface area contributed by atoms with Crippen LogP contribution >= 0.6 is 15.9 Å². The van der Waals surface area contributed by atoms with Gasteiger partial charge >= 0.3 is 0 Å². The Kier molecular flexibility index (Phi) is 3.80. The molecule has 88 valence electrons. The smallest absolute Gasteiger partial charge is 0.188 e. The molecule has 5 heteroatoms. The third kappa shape index (κ3) is 2.30. The van der Waals surface area contributed by atoms with E-state index in [-0.39, 0.29) is 4.47 Å². The minimum atomic E-state index is -1.26. The lowest BCUT2D eigenvalue weighted by atomic mass is 9.89. The number of halogens is 3. The van der Waals surface area contributed by atoms with Gasteiger partial charge in [-0.3, -0.25) is 4.79 Å². The highest BCUT2D eigenvalue weighted by molar-refractivity contribution is 9.10. The van der Waals surface area contributed by atoms with Crippen LogP contribution in [0.15, 0.2) is 16.6 Å². The minimum Gasteiger partial charge on any atom is -0.319 e.